The number of carbonyl (C=O) groups excluding carboxylic acids is 1. The zero-order chi connectivity index (χ0) is 63.1. The lowest BCUT2D eigenvalue weighted by molar-refractivity contribution is -0.359. The van der Waals surface area contributed by atoms with Gasteiger partial charge < -0.3 is 65.1 Å². The minimum atomic E-state index is -1.80. The van der Waals surface area contributed by atoms with Crippen LogP contribution in [-0.2, 0) is 23.7 Å². The second-order valence-electron chi connectivity index (χ2n) is 24.6. The number of aliphatic hydroxyl groups is 8. The predicted octanol–water partition coefficient (Wildman–Crippen LogP) is 14.4. The Morgan fingerprint density at radius 3 is 1.26 bits per heavy atom. The van der Waals surface area contributed by atoms with E-state index < -0.39 is 86.8 Å². The Bertz CT molecular complexity index is 1780. The number of aliphatic hydroxyl groups excluding tert-OH is 8. The van der Waals surface area contributed by atoms with E-state index in [1.807, 2.05) is 6.08 Å². The second-order valence-corrected chi connectivity index (χ2v) is 24.6. The lowest BCUT2D eigenvalue weighted by Crippen LogP contribution is -2.65. The van der Waals surface area contributed by atoms with Crippen molar-refractivity contribution in [3.63, 3.8) is 0 Å². The number of carbonyl (C=O) groups is 1. The molecule has 14 nitrogen and oxygen atoms in total. The van der Waals surface area contributed by atoms with Gasteiger partial charge in [-0.25, -0.2) is 0 Å². The van der Waals surface area contributed by atoms with Crippen LogP contribution in [0.4, 0.5) is 0 Å². The Morgan fingerprint density at radius 1 is 0.425 bits per heavy atom. The third-order valence-corrected chi connectivity index (χ3v) is 16.8. The third kappa shape index (κ3) is 41.3. The Labute approximate surface area is 529 Å². The van der Waals surface area contributed by atoms with Crippen LogP contribution in [0.1, 0.15) is 277 Å². The summed E-state index contributed by atoms with van der Waals surface area (Å²) in [6.07, 6.45) is 62.1. The van der Waals surface area contributed by atoms with Crippen molar-refractivity contribution in [1.29, 1.82) is 0 Å². The highest BCUT2D eigenvalue weighted by Crippen LogP contribution is 2.30. The number of allylic oxidation sites excluding steroid dienone is 13. The van der Waals surface area contributed by atoms with Gasteiger partial charge in [-0.3, -0.25) is 4.79 Å². The van der Waals surface area contributed by atoms with E-state index in [2.05, 4.69) is 92.1 Å². The van der Waals surface area contributed by atoms with Crippen LogP contribution < -0.4 is 5.32 Å². The Morgan fingerprint density at radius 2 is 0.805 bits per heavy atom. The fraction of sp³-hybridized carbons (Fsp3) is 0.795. The summed E-state index contributed by atoms with van der Waals surface area (Å²) in [4.78, 5) is 13.3. The molecule has 2 aliphatic rings. The van der Waals surface area contributed by atoms with E-state index in [0.29, 0.717) is 12.8 Å². The molecule has 9 N–H and O–H groups in total. The molecule has 0 aromatic carbocycles. The van der Waals surface area contributed by atoms with Gasteiger partial charge in [0.25, 0.3) is 0 Å². The summed E-state index contributed by atoms with van der Waals surface area (Å²) in [6, 6.07) is -0.945. The third-order valence-electron chi connectivity index (χ3n) is 16.8. The van der Waals surface area contributed by atoms with Gasteiger partial charge in [0.05, 0.1) is 32.0 Å². The van der Waals surface area contributed by atoms with Crippen LogP contribution in [0.25, 0.3) is 0 Å². The SMILES string of the molecule is CC/C=C\C/C=C\C/C=C\C/C=C\C/C=C\CCCCCCCCCC(=O)NC(COC1OC(CO)C(OC2OC(CO)C(O)C(O)C2O)C(O)C1O)C(O)/C=C/CC/C=C/CCCCCCCCCCCCCCCCCCCCCCCCCC. The number of ether oxygens (including phenoxy) is 4. The minimum absolute atomic E-state index is 0.256. The van der Waals surface area contributed by atoms with Crippen LogP contribution in [0, 0.1) is 0 Å². The molecule has 2 fully saturated rings. The standard InChI is InChI=1S/C73H129NO13/c1-3-5-7-9-11-13-15-17-19-21-23-25-27-28-29-30-31-32-33-35-36-38-40-42-44-46-48-50-52-54-56-62(77)61(60-84-72-70(83)68(81)71(64(59-76)86-72)87-73-69(82)67(80)66(79)63(58-75)85-73)74-65(78)57-55-53-51-49-47-45-43-41-39-37-34-26-24-22-20-18-16-14-12-10-8-6-4-2/h6,8,12,14,18,20,24,26,37,39,46,48,54,56,61-64,66-73,75-77,79-83H,3-5,7,9-11,13,15-17,19,21-23,25,27-36,38,40-45,47,49-53,55,57-60H2,1-2H3,(H,74,78)/b8-6-,14-12-,20-18-,26-24-,39-37-,48-46+,56-54+. The van der Waals surface area contributed by atoms with Gasteiger partial charge >= 0.3 is 0 Å². The lowest BCUT2D eigenvalue weighted by atomic mass is 9.97. The molecule has 2 rings (SSSR count). The molecule has 0 bridgehead atoms. The molecule has 0 spiro atoms. The van der Waals surface area contributed by atoms with Gasteiger partial charge in [-0.15, -0.1) is 0 Å². The van der Waals surface area contributed by atoms with Crippen molar-refractivity contribution in [3.05, 3.63) is 85.1 Å². The molecule has 2 aliphatic heterocycles. The molecule has 0 radical (unpaired) electrons. The highest BCUT2D eigenvalue weighted by atomic mass is 16.7. The van der Waals surface area contributed by atoms with E-state index in [1.54, 1.807) is 6.08 Å². The first-order chi connectivity index (χ1) is 42.6. The summed E-state index contributed by atoms with van der Waals surface area (Å²) in [5.74, 6) is -0.261. The zero-order valence-electron chi connectivity index (χ0n) is 54.7. The molecule has 2 heterocycles. The monoisotopic (exact) mass is 1230 g/mol. The van der Waals surface area contributed by atoms with E-state index in [4.69, 9.17) is 18.9 Å². The van der Waals surface area contributed by atoms with Gasteiger partial charge in [0.2, 0.25) is 5.91 Å². The maximum absolute atomic E-state index is 13.3. The van der Waals surface area contributed by atoms with Gasteiger partial charge in [0.15, 0.2) is 12.6 Å². The molecule has 14 heteroatoms. The van der Waals surface area contributed by atoms with Crippen molar-refractivity contribution in [1.82, 2.24) is 5.32 Å². The summed E-state index contributed by atoms with van der Waals surface area (Å²) in [5.41, 5.74) is 0. The van der Waals surface area contributed by atoms with Crippen molar-refractivity contribution in [2.75, 3.05) is 19.8 Å². The lowest BCUT2D eigenvalue weighted by Gasteiger charge is -2.46. The number of amides is 1. The molecule has 0 aromatic rings. The smallest absolute Gasteiger partial charge is 0.220 e. The molecular weight excluding hydrogens is 1100 g/mol. The van der Waals surface area contributed by atoms with Crippen LogP contribution >= 0.6 is 0 Å². The number of unbranched alkanes of at least 4 members (excludes halogenated alkanes) is 32. The molecule has 1 amide bonds. The van der Waals surface area contributed by atoms with E-state index in [1.165, 1.54) is 161 Å². The van der Waals surface area contributed by atoms with Crippen molar-refractivity contribution >= 4 is 5.91 Å². The molecule has 0 saturated carbocycles. The average molecular weight is 1230 g/mol. The van der Waals surface area contributed by atoms with Crippen LogP contribution in [0.5, 0.6) is 0 Å². The fourth-order valence-corrected chi connectivity index (χ4v) is 11.2. The normalized spacial score (nSPS) is 23.8. The van der Waals surface area contributed by atoms with Gasteiger partial charge in [-0.1, -0.05) is 279 Å². The zero-order valence-corrected chi connectivity index (χ0v) is 54.7. The molecule has 0 aromatic heterocycles. The summed E-state index contributed by atoms with van der Waals surface area (Å²) >= 11 is 0. The average Bonchev–Trinajstić information content (AvgIpc) is 2.33. The molecule has 2 saturated heterocycles. The highest BCUT2D eigenvalue weighted by molar-refractivity contribution is 5.76. The van der Waals surface area contributed by atoms with Crippen molar-refractivity contribution in [3.8, 4) is 0 Å². The van der Waals surface area contributed by atoms with Gasteiger partial charge in [0.1, 0.15) is 48.8 Å². The minimum Gasteiger partial charge on any atom is -0.394 e. The molecule has 87 heavy (non-hydrogen) atoms. The summed E-state index contributed by atoms with van der Waals surface area (Å²) in [6.45, 7) is 2.68. The van der Waals surface area contributed by atoms with Gasteiger partial charge in [0, 0.05) is 6.42 Å². The molecule has 0 aliphatic carbocycles. The van der Waals surface area contributed by atoms with E-state index >= 15 is 0 Å². The topological polar surface area (TPSA) is 228 Å². The largest absolute Gasteiger partial charge is 0.394 e. The van der Waals surface area contributed by atoms with E-state index in [0.717, 1.165) is 83.5 Å². The summed E-state index contributed by atoms with van der Waals surface area (Å²) in [5, 5.41) is 87.4. The Kier molecular flexibility index (Phi) is 52.7. The fourth-order valence-electron chi connectivity index (χ4n) is 11.2. The number of nitrogens with one attached hydrogen (secondary N) is 1. The first-order valence-corrected chi connectivity index (χ1v) is 35.3. The molecule has 12 unspecified atom stereocenters. The van der Waals surface area contributed by atoms with Gasteiger partial charge in [-0.05, 0) is 77.0 Å². The van der Waals surface area contributed by atoms with Crippen molar-refractivity contribution in [2.24, 2.45) is 0 Å². The van der Waals surface area contributed by atoms with E-state index in [-0.39, 0.29) is 18.9 Å². The maximum atomic E-state index is 13.3. The van der Waals surface area contributed by atoms with Crippen LogP contribution in [-0.4, -0.2) is 140 Å². The Hall–Kier alpha value is -2.83. The first-order valence-electron chi connectivity index (χ1n) is 35.3. The number of hydrogen-bond acceptors (Lipinski definition) is 13. The maximum Gasteiger partial charge on any atom is 0.220 e. The van der Waals surface area contributed by atoms with Crippen molar-refractivity contribution in [2.45, 2.75) is 351 Å². The molecule has 504 valence electrons. The number of rotatable bonds is 57. The van der Waals surface area contributed by atoms with Crippen LogP contribution in [0.15, 0.2) is 85.1 Å². The van der Waals surface area contributed by atoms with Crippen molar-refractivity contribution < 1.29 is 64.6 Å². The highest BCUT2D eigenvalue weighted by Gasteiger charge is 2.51. The predicted molar refractivity (Wildman–Crippen MR) is 355 cm³/mol. The summed E-state index contributed by atoms with van der Waals surface area (Å²) < 4.78 is 22.8. The second kappa shape index (κ2) is 57.1. The van der Waals surface area contributed by atoms with Gasteiger partial charge in [-0.2, -0.15) is 0 Å². The molecular formula is C73H129NO13. The quantitative estimate of drug-likeness (QED) is 0.0204. The van der Waals surface area contributed by atoms with Crippen LogP contribution in [0.3, 0.4) is 0 Å². The van der Waals surface area contributed by atoms with Crippen LogP contribution in [0.2, 0.25) is 0 Å². The molecule has 12 atom stereocenters. The first kappa shape index (κ1) is 80.3. The van der Waals surface area contributed by atoms with E-state index in [9.17, 15) is 45.6 Å². The number of hydrogen-bond donors (Lipinski definition) is 9. The summed E-state index contributed by atoms with van der Waals surface area (Å²) in [7, 11) is 0. The Balaban J connectivity index is 1.70.